The van der Waals surface area contributed by atoms with Gasteiger partial charge in [-0.15, -0.1) is 0 Å². The number of nitrogens with zero attached hydrogens (tertiary/aromatic N) is 2. The normalized spacial score (nSPS) is 18.7. The van der Waals surface area contributed by atoms with E-state index in [0.717, 1.165) is 5.56 Å². The molecule has 9 nitrogen and oxygen atoms in total. The summed E-state index contributed by atoms with van der Waals surface area (Å²) in [6.07, 6.45) is -1.73. The molecule has 1 aromatic rings. The second-order valence-corrected chi connectivity index (χ2v) is 7.92. The minimum absolute atomic E-state index is 0.0165. The van der Waals surface area contributed by atoms with Crippen LogP contribution in [-0.2, 0) is 20.8 Å². The van der Waals surface area contributed by atoms with Crippen LogP contribution in [0.2, 0.25) is 0 Å². The number of rotatable bonds is 8. The Kier molecular flexibility index (Phi) is 8.67. The van der Waals surface area contributed by atoms with Gasteiger partial charge in [0.25, 0.3) is 5.91 Å². The van der Waals surface area contributed by atoms with Gasteiger partial charge in [-0.1, -0.05) is 44.2 Å². The molecule has 2 N–H and O–H groups in total. The van der Waals surface area contributed by atoms with Crippen LogP contribution in [0.15, 0.2) is 30.3 Å². The number of amides is 3. The van der Waals surface area contributed by atoms with Crippen LogP contribution in [0.3, 0.4) is 0 Å². The molecular formula is C22H30N4O5. The molecule has 1 aromatic carbocycles. The zero-order valence-corrected chi connectivity index (χ0v) is 18.2. The summed E-state index contributed by atoms with van der Waals surface area (Å²) >= 11 is 0. The second-order valence-electron chi connectivity index (χ2n) is 7.92. The third-order valence-electron chi connectivity index (χ3n) is 4.88. The van der Waals surface area contributed by atoms with Crippen molar-refractivity contribution in [3.8, 4) is 6.07 Å². The van der Waals surface area contributed by atoms with E-state index < -0.39 is 29.7 Å². The summed E-state index contributed by atoms with van der Waals surface area (Å²) in [4.78, 5) is 38.5. The van der Waals surface area contributed by atoms with Crippen molar-refractivity contribution in [3.63, 3.8) is 0 Å². The lowest BCUT2D eigenvalue weighted by molar-refractivity contribution is -0.131. The lowest BCUT2D eigenvalue weighted by Gasteiger charge is -2.26. The molecule has 2 atom stereocenters. The van der Waals surface area contributed by atoms with Gasteiger partial charge in [0.05, 0.1) is 19.2 Å². The van der Waals surface area contributed by atoms with Crippen molar-refractivity contribution in [1.29, 1.82) is 5.26 Å². The van der Waals surface area contributed by atoms with Crippen molar-refractivity contribution in [2.75, 3.05) is 19.7 Å². The van der Waals surface area contributed by atoms with E-state index in [1.807, 2.05) is 44.2 Å². The third kappa shape index (κ3) is 7.17. The number of ether oxygens (including phenoxy) is 2. The van der Waals surface area contributed by atoms with E-state index in [1.165, 1.54) is 4.90 Å². The predicted molar refractivity (Wildman–Crippen MR) is 113 cm³/mol. The van der Waals surface area contributed by atoms with Crippen molar-refractivity contribution in [2.24, 2.45) is 5.92 Å². The third-order valence-corrected chi connectivity index (χ3v) is 4.88. The lowest BCUT2D eigenvalue weighted by Crippen LogP contribution is -2.54. The van der Waals surface area contributed by atoms with Gasteiger partial charge in [0.15, 0.2) is 6.10 Å². The first-order chi connectivity index (χ1) is 14.8. The predicted octanol–water partition coefficient (Wildman–Crippen LogP) is 2.57. The highest BCUT2D eigenvalue weighted by atomic mass is 16.6. The summed E-state index contributed by atoms with van der Waals surface area (Å²) in [7, 11) is 0. The van der Waals surface area contributed by atoms with E-state index in [-0.39, 0.29) is 32.0 Å². The number of hydrogen-bond donors (Lipinski definition) is 2. The monoisotopic (exact) mass is 430 g/mol. The van der Waals surface area contributed by atoms with Gasteiger partial charge in [-0.05, 0) is 24.8 Å². The Balaban J connectivity index is 1.99. The second kappa shape index (κ2) is 11.2. The maximum Gasteiger partial charge on any atom is 0.409 e. The minimum atomic E-state index is -1.25. The fourth-order valence-electron chi connectivity index (χ4n) is 3.30. The molecule has 0 saturated carbocycles. The summed E-state index contributed by atoms with van der Waals surface area (Å²) in [5.74, 6) is -0.480. The fourth-order valence-corrected chi connectivity index (χ4v) is 3.30. The number of carbonyl (C=O) groups is 3. The molecule has 0 bridgehead atoms. The maximum absolute atomic E-state index is 12.9. The topological polar surface area (TPSA) is 121 Å². The van der Waals surface area contributed by atoms with Crippen molar-refractivity contribution in [3.05, 3.63) is 35.9 Å². The highest BCUT2D eigenvalue weighted by Crippen LogP contribution is 2.22. The summed E-state index contributed by atoms with van der Waals surface area (Å²) in [6, 6.07) is 11.4. The van der Waals surface area contributed by atoms with Crippen LogP contribution in [0, 0.1) is 17.2 Å². The average Bonchev–Trinajstić information content (AvgIpc) is 3.17. The van der Waals surface area contributed by atoms with Crippen LogP contribution in [-0.4, -0.2) is 54.3 Å². The fraction of sp³-hybridized carbons (Fsp3) is 0.545. The Hall–Kier alpha value is -3.28. The molecule has 9 heteroatoms. The number of nitrogens with one attached hydrogen (secondary N) is 2. The minimum Gasteiger partial charge on any atom is -0.450 e. The summed E-state index contributed by atoms with van der Waals surface area (Å²) < 4.78 is 10.4. The van der Waals surface area contributed by atoms with Crippen LogP contribution in [0.1, 0.15) is 39.2 Å². The standard InChI is InChI=1S/C22H30N4O5/c1-4-30-21(29)26-11-10-22(14-23,15-26)25-19(27)18(12-16(2)3)31-20(28)24-13-17-8-6-5-7-9-17/h5-9,16,18H,4,10-13,15H2,1-3H3,(H,24,28)(H,25,27)/t18-,22?/m0/s1. The molecule has 0 aliphatic carbocycles. The lowest BCUT2D eigenvalue weighted by atomic mass is 9.99. The molecule has 1 saturated heterocycles. The van der Waals surface area contributed by atoms with Crippen LogP contribution in [0.4, 0.5) is 9.59 Å². The highest BCUT2D eigenvalue weighted by Gasteiger charge is 2.43. The molecule has 0 spiro atoms. The molecule has 0 aromatic heterocycles. The van der Waals surface area contributed by atoms with Gasteiger partial charge in [-0.3, -0.25) is 4.79 Å². The van der Waals surface area contributed by atoms with Gasteiger partial charge in [0.1, 0.15) is 5.54 Å². The van der Waals surface area contributed by atoms with E-state index in [4.69, 9.17) is 9.47 Å². The largest absolute Gasteiger partial charge is 0.450 e. The molecule has 31 heavy (non-hydrogen) atoms. The molecule has 1 fully saturated rings. The Morgan fingerprint density at radius 2 is 1.97 bits per heavy atom. The number of likely N-dealkylation sites (tertiary alicyclic amines) is 1. The van der Waals surface area contributed by atoms with Gasteiger partial charge >= 0.3 is 12.2 Å². The van der Waals surface area contributed by atoms with E-state index in [2.05, 4.69) is 16.7 Å². The first-order valence-corrected chi connectivity index (χ1v) is 10.4. The molecule has 3 amide bonds. The molecule has 0 radical (unpaired) electrons. The Morgan fingerprint density at radius 3 is 2.58 bits per heavy atom. The van der Waals surface area contributed by atoms with Crippen LogP contribution in [0.25, 0.3) is 0 Å². The van der Waals surface area contributed by atoms with Gasteiger partial charge in [-0.25, -0.2) is 9.59 Å². The zero-order chi connectivity index (χ0) is 22.9. The first-order valence-electron chi connectivity index (χ1n) is 10.4. The molecule has 1 unspecified atom stereocenters. The van der Waals surface area contributed by atoms with Gasteiger partial charge in [0, 0.05) is 19.5 Å². The quantitative estimate of drug-likeness (QED) is 0.654. The Bertz CT molecular complexity index is 808. The van der Waals surface area contributed by atoms with E-state index in [0.29, 0.717) is 13.0 Å². The van der Waals surface area contributed by atoms with Crippen LogP contribution in [0.5, 0.6) is 0 Å². The van der Waals surface area contributed by atoms with Crippen molar-refractivity contribution in [2.45, 2.75) is 51.8 Å². The molecular weight excluding hydrogens is 400 g/mol. The molecule has 168 valence electrons. The maximum atomic E-state index is 12.9. The van der Waals surface area contributed by atoms with E-state index in [9.17, 15) is 19.6 Å². The van der Waals surface area contributed by atoms with Gasteiger partial charge in [-0.2, -0.15) is 5.26 Å². The molecule has 1 aliphatic rings. The number of carbonyl (C=O) groups excluding carboxylic acids is 3. The van der Waals surface area contributed by atoms with E-state index >= 15 is 0 Å². The number of alkyl carbamates (subject to hydrolysis) is 1. The van der Waals surface area contributed by atoms with Crippen molar-refractivity contribution in [1.82, 2.24) is 15.5 Å². The first kappa shape index (κ1) is 24.0. The van der Waals surface area contributed by atoms with Crippen molar-refractivity contribution < 1.29 is 23.9 Å². The smallest absolute Gasteiger partial charge is 0.409 e. The Labute approximate surface area is 182 Å². The number of hydrogen-bond acceptors (Lipinski definition) is 6. The highest BCUT2D eigenvalue weighted by molar-refractivity contribution is 5.84. The van der Waals surface area contributed by atoms with Gasteiger partial charge < -0.3 is 25.0 Å². The summed E-state index contributed by atoms with van der Waals surface area (Å²) in [6.45, 7) is 6.32. The zero-order valence-electron chi connectivity index (χ0n) is 18.2. The summed E-state index contributed by atoms with van der Waals surface area (Å²) in [5.41, 5.74) is -0.346. The van der Waals surface area contributed by atoms with Crippen LogP contribution < -0.4 is 10.6 Å². The average molecular weight is 431 g/mol. The molecule has 1 heterocycles. The molecule has 1 aliphatic heterocycles. The SMILES string of the molecule is CCOC(=O)N1CCC(C#N)(NC(=O)[C@H](CC(C)C)OC(=O)NCc2ccccc2)C1. The number of benzene rings is 1. The van der Waals surface area contributed by atoms with Gasteiger partial charge in [0.2, 0.25) is 0 Å². The van der Waals surface area contributed by atoms with Crippen LogP contribution >= 0.6 is 0 Å². The van der Waals surface area contributed by atoms with Crippen molar-refractivity contribution >= 4 is 18.1 Å². The number of nitriles is 1. The molecule has 2 rings (SSSR count). The summed E-state index contributed by atoms with van der Waals surface area (Å²) in [5, 5.41) is 15.0. The Morgan fingerprint density at radius 1 is 1.26 bits per heavy atom. The van der Waals surface area contributed by atoms with E-state index in [1.54, 1.807) is 6.92 Å².